The van der Waals surface area contributed by atoms with E-state index in [-0.39, 0.29) is 5.78 Å². The molecule has 1 aromatic heterocycles. The Kier molecular flexibility index (Phi) is 2.12. The molecule has 1 N–H and O–H groups in total. The number of hydrogen-bond donors (Lipinski definition) is 1. The van der Waals surface area contributed by atoms with E-state index in [0.29, 0.717) is 5.56 Å². The van der Waals surface area contributed by atoms with E-state index >= 15 is 0 Å². The van der Waals surface area contributed by atoms with Crippen molar-refractivity contribution in [1.29, 1.82) is 0 Å². The van der Waals surface area contributed by atoms with Crippen LogP contribution in [0.5, 0.6) is 0 Å². The van der Waals surface area contributed by atoms with Crippen LogP contribution < -0.4 is 0 Å². The van der Waals surface area contributed by atoms with Crippen molar-refractivity contribution in [1.82, 2.24) is 0 Å². The second kappa shape index (κ2) is 3.28. The summed E-state index contributed by atoms with van der Waals surface area (Å²) in [5.74, 6) is -0.227. The van der Waals surface area contributed by atoms with E-state index in [2.05, 4.69) is 0 Å². The zero-order chi connectivity index (χ0) is 9.26. The Bertz CT molecular complexity index is 445. The molecule has 0 unspecified atom stereocenters. The number of aliphatic hydroxyl groups excluding tert-OH is 1. The first-order valence-corrected chi connectivity index (χ1v) is 4.80. The van der Waals surface area contributed by atoms with Crippen LogP contribution in [-0.4, -0.2) is 17.5 Å². The van der Waals surface area contributed by atoms with E-state index in [1.54, 1.807) is 17.4 Å². The smallest absolute Gasteiger partial charge is 0.188 e. The maximum absolute atomic E-state index is 11.1. The van der Waals surface area contributed by atoms with Crippen LogP contribution in [0.2, 0.25) is 0 Å². The van der Waals surface area contributed by atoms with Gasteiger partial charge >= 0.3 is 0 Å². The van der Waals surface area contributed by atoms with Gasteiger partial charge in [-0.2, -0.15) is 0 Å². The summed E-state index contributed by atoms with van der Waals surface area (Å²) in [6, 6.07) is 7.47. The van der Waals surface area contributed by atoms with Crippen molar-refractivity contribution in [3.8, 4) is 0 Å². The van der Waals surface area contributed by atoms with Gasteiger partial charge in [-0.05, 0) is 22.9 Å². The third-order valence-corrected chi connectivity index (χ3v) is 2.80. The lowest BCUT2D eigenvalue weighted by atomic mass is 10.1. The Morgan fingerprint density at radius 1 is 1.38 bits per heavy atom. The van der Waals surface area contributed by atoms with Crippen molar-refractivity contribution in [2.75, 3.05) is 6.61 Å². The molecule has 0 saturated heterocycles. The highest BCUT2D eigenvalue weighted by atomic mass is 32.1. The van der Waals surface area contributed by atoms with Crippen molar-refractivity contribution >= 4 is 27.2 Å². The number of benzene rings is 1. The summed E-state index contributed by atoms with van der Waals surface area (Å²) < 4.78 is 1.08. The minimum absolute atomic E-state index is 0.227. The average molecular weight is 192 g/mol. The standard InChI is InChI=1S/C10H8O2S/c11-6-9(12)8-2-1-7-3-4-13-10(7)5-8/h1-5,11H,6H2. The fourth-order valence-electron chi connectivity index (χ4n) is 1.22. The summed E-state index contributed by atoms with van der Waals surface area (Å²) in [6.07, 6.45) is 0. The summed E-state index contributed by atoms with van der Waals surface area (Å²) in [6.45, 7) is -0.420. The van der Waals surface area contributed by atoms with Gasteiger partial charge in [0.1, 0.15) is 6.61 Å². The van der Waals surface area contributed by atoms with Crippen LogP contribution in [-0.2, 0) is 0 Å². The first kappa shape index (κ1) is 8.41. The summed E-state index contributed by atoms with van der Waals surface area (Å²) in [5, 5.41) is 11.8. The van der Waals surface area contributed by atoms with Crippen LogP contribution in [0.3, 0.4) is 0 Å². The van der Waals surface area contributed by atoms with Gasteiger partial charge in [0.25, 0.3) is 0 Å². The fraction of sp³-hybridized carbons (Fsp3) is 0.100. The zero-order valence-electron chi connectivity index (χ0n) is 6.86. The normalized spacial score (nSPS) is 10.5. The van der Waals surface area contributed by atoms with E-state index < -0.39 is 6.61 Å². The summed E-state index contributed by atoms with van der Waals surface area (Å²) >= 11 is 1.60. The van der Waals surface area contributed by atoms with Crippen LogP contribution in [0.4, 0.5) is 0 Å². The van der Waals surface area contributed by atoms with Crippen molar-refractivity contribution in [3.05, 3.63) is 35.2 Å². The lowest BCUT2D eigenvalue weighted by molar-refractivity contribution is 0.0904. The number of fused-ring (bicyclic) bond motifs is 1. The van der Waals surface area contributed by atoms with Crippen LogP contribution >= 0.6 is 11.3 Å². The van der Waals surface area contributed by atoms with Crippen molar-refractivity contribution in [2.24, 2.45) is 0 Å². The van der Waals surface area contributed by atoms with Gasteiger partial charge in [-0.15, -0.1) is 11.3 Å². The van der Waals surface area contributed by atoms with E-state index in [9.17, 15) is 4.79 Å². The first-order valence-electron chi connectivity index (χ1n) is 3.92. The highest BCUT2D eigenvalue weighted by Crippen LogP contribution is 2.21. The van der Waals surface area contributed by atoms with E-state index in [1.807, 2.05) is 23.6 Å². The first-order chi connectivity index (χ1) is 6.31. The molecule has 0 fully saturated rings. The molecule has 0 amide bonds. The lowest BCUT2D eigenvalue weighted by Crippen LogP contribution is -2.03. The van der Waals surface area contributed by atoms with Crippen LogP contribution in [0.1, 0.15) is 10.4 Å². The van der Waals surface area contributed by atoms with Gasteiger partial charge in [0.2, 0.25) is 0 Å². The molecule has 0 radical (unpaired) electrons. The molecule has 0 bridgehead atoms. The van der Waals surface area contributed by atoms with Gasteiger partial charge in [0.05, 0.1) is 0 Å². The Labute approximate surface area is 79.4 Å². The van der Waals surface area contributed by atoms with Gasteiger partial charge in [-0.3, -0.25) is 4.79 Å². The molecule has 1 heterocycles. The number of thiophene rings is 1. The summed E-state index contributed by atoms with van der Waals surface area (Å²) in [7, 11) is 0. The molecule has 0 spiro atoms. The Hall–Kier alpha value is -1.19. The molecule has 0 atom stereocenters. The average Bonchev–Trinajstić information content (AvgIpc) is 2.63. The number of Topliss-reactive ketones (excluding diaryl/α,β-unsaturated/α-hetero) is 1. The molecule has 2 rings (SSSR count). The molecule has 2 aromatic rings. The molecule has 13 heavy (non-hydrogen) atoms. The zero-order valence-corrected chi connectivity index (χ0v) is 7.67. The topological polar surface area (TPSA) is 37.3 Å². The molecular weight excluding hydrogens is 184 g/mol. The largest absolute Gasteiger partial charge is 0.388 e. The van der Waals surface area contributed by atoms with Crippen molar-refractivity contribution in [2.45, 2.75) is 0 Å². The monoisotopic (exact) mass is 192 g/mol. The third kappa shape index (κ3) is 1.48. The Balaban J connectivity index is 2.54. The Morgan fingerprint density at radius 3 is 3.00 bits per heavy atom. The molecular formula is C10H8O2S. The van der Waals surface area contributed by atoms with Gasteiger partial charge in [-0.1, -0.05) is 12.1 Å². The Morgan fingerprint density at radius 2 is 2.23 bits per heavy atom. The highest BCUT2D eigenvalue weighted by molar-refractivity contribution is 7.17. The van der Waals surface area contributed by atoms with Crippen molar-refractivity contribution < 1.29 is 9.90 Å². The number of carbonyl (C=O) groups is 1. The lowest BCUT2D eigenvalue weighted by Gasteiger charge is -1.96. The van der Waals surface area contributed by atoms with E-state index in [1.165, 1.54) is 0 Å². The van der Waals surface area contributed by atoms with E-state index in [4.69, 9.17) is 5.11 Å². The van der Waals surface area contributed by atoms with Gasteiger partial charge in [0.15, 0.2) is 5.78 Å². The quantitative estimate of drug-likeness (QED) is 0.739. The number of aliphatic hydroxyl groups is 1. The minimum Gasteiger partial charge on any atom is -0.388 e. The molecule has 0 aliphatic rings. The SMILES string of the molecule is O=C(CO)c1ccc2ccsc2c1. The second-order valence-corrected chi connectivity index (χ2v) is 3.70. The van der Waals surface area contributed by atoms with Gasteiger partial charge < -0.3 is 5.11 Å². The fourth-order valence-corrected chi connectivity index (χ4v) is 2.05. The minimum atomic E-state index is -0.420. The van der Waals surface area contributed by atoms with Crippen LogP contribution in [0, 0.1) is 0 Å². The summed E-state index contributed by atoms with van der Waals surface area (Å²) in [4.78, 5) is 11.1. The molecule has 1 aromatic carbocycles. The van der Waals surface area contributed by atoms with Gasteiger partial charge in [-0.25, -0.2) is 0 Å². The maximum Gasteiger partial charge on any atom is 0.188 e. The highest BCUT2D eigenvalue weighted by Gasteiger charge is 2.04. The molecule has 66 valence electrons. The number of ketones is 1. The third-order valence-electron chi connectivity index (χ3n) is 1.92. The van der Waals surface area contributed by atoms with Gasteiger partial charge in [0, 0.05) is 10.3 Å². The van der Waals surface area contributed by atoms with E-state index in [0.717, 1.165) is 10.1 Å². The predicted octanol–water partition coefficient (Wildman–Crippen LogP) is 2.08. The number of rotatable bonds is 2. The molecule has 0 saturated carbocycles. The maximum atomic E-state index is 11.1. The van der Waals surface area contributed by atoms with Crippen LogP contribution in [0.15, 0.2) is 29.6 Å². The molecule has 0 aliphatic heterocycles. The number of carbonyl (C=O) groups excluding carboxylic acids is 1. The molecule has 3 heteroatoms. The predicted molar refractivity (Wildman–Crippen MR) is 53.2 cm³/mol. The summed E-state index contributed by atoms with van der Waals surface area (Å²) in [5.41, 5.74) is 0.581. The van der Waals surface area contributed by atoms with Crippen molar-refractivity contribution in [3.63, 3.8) is 0 Å². The number of hydrogen-bond acceptors (Lipinski definition) is 3. The second-order valence-electron chi connectivity index (χ2n) is 2.75. The molecule has 0 aliphatic carbocycles. The van der Waals surface area contributed by atoms with Crippen LogP contribution in [0.25, 0.3) is 10.1 Å². The molecule has 2 nitrogen and oxygen atoms in total.